The molecule has 2 aromatic carbocycles. The van der Waals surface area contributed by atoms with Crippen molar-refractivity contribution in [3.8, 4) is 17.1 Å². The van der Waals surface area contributed by atoms with Gasteiger partial charge in [-0.05, 0) is 42.0 Å². The number of benzene rings is 2. The van der Waals surface area contributed by atoms with E-state index in [-0.39, 0.29) is 5.75 Å². The molecule has 4 aromatic rings. The highest BCUT2D eigenvalue weighted by molar-refractivity contribution is 5.90. The molecule has 0 aliphatic carbocycles. The quantitative estimate of drug-likeness (QED) is 0.517. The SMILES string of the molecule is FC(F)Oc1ccc(CNc2nc(-c3cccnc3)nc3ccccc23)cc1. The predicted molar refractivity (Wildman–Crippen MR) is 103 cm³/mol. The second-order valence-corrected chi connectivity index (χ2v) is 6.03. The maximum atomic E-state index is 12.3. The van der Waals surface area contributed by atoms with Crippen molar-refractivity contribution in [2.24, 2.45) is 0 Å². The van der Waals surface area contributed by atoms with Crippen LogP contribution in [0.1, 0.15) is 5.56 Å². The Labute approximate surface area is 160 Å². The Morgan fingerprint density at radius 2 is 1.75 bits per heavy atom. The minimum Gasteiger partial charge on any atom is -0.435 e. The van der Waals surface area contributed by atoms with Gasteiger partial charge in [0.25, 0.3) is 0 Å². The molecule has 0 bridgehead atoms. The van der Waals surface area contributed by atoms with Crippen LogP contribution in [-0.2, 0) is 6.54 Å². The number of anilines is 1. The minimum absolute atomic E-state index is 0.130. The molecule has 2 aromatic heterocycles. The van der Waals surface area contributed by atoms with Crippen molar-refractivity contribution in [1.82, 2.24) is 15.0 Å². The van der Waals surface area contributed by atoms with Crippen LogP contribution in [0.5, 0.6) is 5.75 Å². The first-order valence-corrected chi connectivity index (χ1v) is 8.64. The van der Waals surface area contributed by atoms with E-state index in [1.165, 1.54) is 12.1 Å². The van der Waals surface area contributed by atoms with E-state index in [1.807, 2.05) is 36.4 Å². The second-order valence-electron chi connectivity index (χ2n) is 6.03. The van der Waals surface area contributed by atoms with E-state index < -0.39 is 6.61 Å². The predicted octanol–water partition coefficient (Wildman–Crippen LogP) is 4.91. The number of alkyl halides is 2. The Hall–Kier alpha value is -3.61. The Kier molecular flexibility index (Phi) is 5.05. The van der Waals surface area contributed by atoms with Gasteiger partial charge in [0, 0.05) is 29.9 Å². The van der Waals surface area contributed by atoms with Crippen LogP contribution in [0.25, 0.3) is 22.3 Å². The van der Waals surface area contributed by atoms with Gasteiger partial charge in [0.05, 0.1) is 5.52 Å². The van der Waals surface area contributed by atoms with Crippen molar-refractivity contribution in [3.63, 3.8) is 0 Å². The first-order chi connectivity index (χ1) is 13.7. The summed E-state index contributed by atoms with van der Waals surface area (Å²) in [6, 6.07) is 18.0. The molecule has 0 aliphatic heterocycles. The molecule has 0 amide bonds. The van der Waals surface area contributed by atoms with Gasteiger partial charge in [-0.3, -0.25) is 4.98 Å². The lowest BCUT2D eigenvalue weighted by Crippen LogP contribution is -2.05. The van der Waals surface area contributed by atoms with Crippen LogP contribution in [-0.4, -0.2) is 21.6 Å². The largest absolute Gasteiger partial charge is 0.435 e. The molecule has 2 heterocycles. The smallest absolute Gasteiger partial charge is 0.387 e. The molecule has 1 N–H and O–H groups in total. The van der Waals surface area contributed by atoms with Crippen LogP contribution >= 0.6 is 0 Å². The summed E-state index contributed by atoms with van der Waals surface area (Å²) < 4.78 is 28.9. The Bertz CT molecular complexity index is 1070. The maximum absolute atomic E-state index is 12.3. The van der Waals surface area contributed by atoms with E-state index in [4.69, 9.17) is 0 Å². The van der Waals surface area contributed by atoms with Crippen molar-refractivity contribution >= 4 is 16.7 Å². The summed E-state index contributed by atoms with van der Waals surface area (Å²) in [6.07, 6.45) is 3.42. The highest BCUT2D eigenvalue weighted by atomic mass is 19.3. The van der Waals surface area contributed by atoms with Crippen LogP contribution in [0.3, 0.4) is 0 Å². The molecule has 0 saturated carbocycles. The lowest BCUT2D eigenvalue weighted by molar-refractivity contribution is -0.0498. The van der Waals surface area contributed by atoms with Gasteiger partial charge in [0.1, 0.15) is 11.6 Å². The summed E-state index contributed by atoms with van der Waals surface area (Å²) in [6.45, 7) is -2.36. The summed E-state index contributed by atoms with van der Waals surface area (Å²) in [5.41, 5.74) is 2.55. The standard InChI is InChI=1S/C21H16F2N4O/c22-21(23)28-16-9-7-14(8-10-16)12-25-20-17-5-1-2-6-18(17)26-19(27-20)15-4-3-11-24-13-15/h1-11,13,21H,12H2,(H,25,26,27). The monoisotopic (exact) mass is 378 g/mol. The molecule has 5 nitrogen and oxygen atoms in total. The van der Waals surface area contributed by atoms with Crippen LogP contribution in [0.4, 0.5) is 14.6 Å². The Balaban J connectivity index is 1.61. The molecular formula is C21H16F2N4O. The third-order valence-corrected chi connectivity index (χ3v) is 4.13. The lowest BCUT2D eigenvalue weighted by atomic mass is 10.2. The van der Waals surface area contributed by atoms with Gasteiger partial charge in [-0.15, -0.1) is 0 Å². The molecule has 0 saturated heterocycles. The van der Waals surface area contributed by atoms with Crippen LogP contribution < -0.4 is 10.1 Å². The van der Waals surface area contributed by atoms with Gasteiger partial charge in [-0.25, -0.2) is 9.97 Å². The summed E-state index contributed by atoms with van der Waals surface area (Å²) >= 11 is 0. The number of hydrogen-bond donors (Lipinski definition) is 1. The van der Waals surface area contributed by atoms with Gasteiger partial charge < -0.3 is 10.1 Å². The van der Waals surface area contributed by atoms with E-state index in [0.29, 0.717) is 18.2 Å². The Morgan fingerprint density at radius 3 is 2.50 bits per heavy atom. The number of para-hydroxylation sites is 1. The highest BCUT2D eigenvalue weighted by Crippen LogP contribution is 2.25. The number of aromatic nitrogens is 3. The fourth-order valence-corrected chi connectivity index (χ4v) is 2.81. The number of ether oxygens (including phenoxy) is 1. The topological polar surface area (TPSA) is 59.9 Å². The molecule has 0 spiro atoms. The van der Waals surface area contributed by atoms with Crippen LogP contribution in [0, 0.1) is 0 Å². The number of hydrogen-bond acceptors (Lipinski definition) is 5. The number of nitrogens with zero attached hydrogens (tertiary/aromatic N) is 3. The first kappa shape index (κ1) is 17.8. The molecule has 0 atom stereocenters. The number of halogens is 2. The maximum Gasteiger partial charge on any atom is 0.387 e. The van der Waals surface area contributed by atoms with Crippen molar-refractivity contribution in [1.29, 1.82) is 0 Å². The van der Waals surface area contributed by atoms with Gasteiger partial charge in [-0.2, -0.15) is 8.78 Å². The van der Waals surface area contributed by atoms with E-state index >= 15 is 0 Å². The number of fused-ring (bicyclic) bond motifs is 1. The average Bonchev–Trinajstić information content (AvgIpc) is 2.73. The summed E-state index contributed by atoms with van der Waals surface area (Å²) in [7, 11) is 0. The molecule has 0 fully saturated rings. The zero-order valence-corrected chi connectivity index (χ0v) is 14.7. The second kappa shape index (κ2) is 7.96. The number of rotatable bonds is 6. The van der Waals surface area contributed by atoms with Crippen LogP contribution in [0.2, 0.25) is 0 Å². The third kappa shape index (κ3) is 4.03. The fraction of sp³-hybridized carbons (Fsp3) is 0.0952. The van der Waals surface area contributed by atoms with Gasteiger partial charge in [-0.1, -0.05) is 24.3 Å². The van der Waals surface area contributed by atoms with E-state index in [1.54, 1.807) is 24.5 Å². The third-order valence-electron chi connectivity index (χ3n) is 4.13. The summed E-state index contributed by atoms with van der Waals surface area (Å²) in [5, 5.41) is 4.21. The van der Waals surface area contributed by atoms with E-state index in [2.05, 4.69) is 25.0 Å². The van der Waals surface area contributed by atoms with Crippen molar-refractivity contribution in [2.45, 2.75) is 13.2 Å². The molecule has 140 valence electrons. The first-order valence-electron chi connectivity index (χ1n) is 8.64. The molecule has 0 aliphatic rings. The zero-order chi connectivity index (χ0) is 19.3. The highest BCUT2D eigenvalue weighted by Gasteiger charge is 2.10. The molecule has 0 radical (unpaired) electrons. The Morgan fingerprint density at radius 1 is 0.929 bits per heavy atom. The molecule has 7 heteroatoms. The normalized spacial score (nSPS) is 11.0. The van der Waals surface area contributed by atoms with Crippen molar-refractivity contribution in [2.75, 3.05) is 5.32 Å². The minimum atomic E-state index is -2.83. The summed E-state index contributed by atoms with van der Waals surface area (Å²) in [5.74, 6) is 1.40. The van der Waals surface area contributed by atoms with E-state index in [9.17, 15) is 8.78 Å². The molecule has 28 heavy (non-hydrogen) atoms. The molecule has 0 unspecified atom stereocenters. The van der Waals surface area contributed by atoms with Crippen molar-refractivity contribution in [3.05, 3.63) is 78.6 Å². The van der Waals surface area contributed by atoms with E-state index in [0.717, 1.165) is 22.0 Å². The van der Waals surface area contributed by atoms with Gasteiger partial charge in [0.2, 0.25) is 0 Å². The zero-order valence-electron chi connectivity index (χ0n) is 14.7. The van der Waals surface area contributed by atoms with Gasteiger partial charge in [0.15, 0.2) is 5.82 Å². The average molecular weight is 378 g/mol. The number of pyridine rings is 1. The molecular weight excluding hydrogens is 362 g/mol. The summed E-state index contributed by atoms with van der Waals surface area (Å²) in [4.78, 5) is 13.4. The lowest BCUT2D eigenvalue weighted by Gasteiger charge is -2.11. The van der Waals surface area contributed by atoms with Crippen molar-refractivity contribution < 1.29 is 13.5 Å². The van der Waals surface area contributed by atoms with Crippen LogP contribution in [0.15, 0.2) is 73.1 Å². The fourth-order valence-electron chi connectivity index (χ4n) is 2.81. The molecule has 4 rings (SSSR count). The number of nitrogens with one attached hydrogen (secondary N) is 1. The van der Waals surface area contributed by atoms with Gasteiger partial charge >= 0.3 is 6.61 Å².